The van der Waals surface area contributed by atoms with Gasteiger partial charge in [0, 0.05) is 18.1 Å². The molecule has 0 aliphatic rings. The Kier molecular flexibility index (Phi) is 3.64. The molecular weight excluding hydrogens is 258 g/mol. The highest BCUT2D eigenvalue weighted by Crippen LogP contribution is 2.30. The molecule has 2 rings (SSSR count). The van der Waals surface area contributed by atoms with Crippen LogP contribution in [0.2, 0.25) is 5.02 Å². The molecule has 3 nitrogen and oxygen atoms in total. The van der Waals surface area contributed by atoms with E-state index in [1.807, 2.05) is 12.1 Å². The molecule has 0 saturated carbocycles. The van der Waals surface area contributed by atoms with Crippen molar-refractivity contribution in [2.24, 2.45) is 5.41 Å². The Balaban J connectivity index is 2.56. The van der Waals surface area contributed by atoms with Crippen LogP contribution in [0.3, 0.4) is 0 Å². The van der Waals surface area contributed by atoms with E-state index in [0.29, 0.717) is 10.6 Å². The lowest BCUT2D eigenvalue weighted by Crippen LogP contribution is -2.19. The minimum absolute atomic E-state index is 0.126. The van der Waals surface area contributed by atoms with E-state index >= 15 is 0 Å². The number of nitrogens with zero attached hydrogens (tertiary/aromatic N) is 2. The SMILES string of the molecule is CC(C)(C)CNc1c(C#N)cnc2c(Cl)cccc12. The van der Waals surface area contributed by atoms with Crippen molar-refractivity contribution >= 4 is 28.2 Å². The van der Waals surface area contributed by atoms with Gasteiger partial charge in [0.05, 0.1) is 21.8 Å². The molecule has 2 aromatic rings. The predicted molar refractivity (Wildman–Crippen MR) is 79.4 cm³/mol. The molecule has 1 aromatic heterocycles. The first-order valence-electron chi connectivity index (χ1n) is 6.13. The summed E-state index contributed by atoms with van der Waals surface area (Å²) in [6.45, 7) is 7.19. The average Bonchev–Trinajstić information content (AvgIpc) is 2.35. The maximum absolute atomic E-state index is 9.21. The zero-order chi connectivity index (χ0) is 14.0. The molecule has 98 valence electrons. The van der Waals surface area contributed by atoms with Crippen molar-refractivity contribution in [1.29, 1.82) is 5.26 Å². The van der Waals surface area contributed by atoms with Gasteiger partial charge in [-0.15, -0.1) is 0 Å². The monoisotopic (exact) mass is 273 g/mol. The lowest BCUT2D eigenvalue weighted by molar-refractivity contribution is 0.443. The van der Waals surface area contributed by atoms with Crippen LogP contribution in [0.15, 0.2) is 24.4 Å². The average molecular weight is 274 g/mol. The lowest BCUT2D eigenvalue weighted by atomic mass is 9.96. The third kappa shape index (κ3) is 2.97. The molecule has 0 spiro atoms. The van der Waals surface area contributed by atoms with Crippen molar-refractivity contribution in [2.75, 3.05) is 11.9 Å². The van der Waals surface area contributed by atoms with Crippen molar-refractivity contribution in [3.63, 3.8) is 0 Å². The smallest absolute Gasteiger partial charge is 0.103 e. The minimum atomic E-state index is 0.126. The third-order valence-corrected chi connectivity index (χ3v) is 3.07. The fourth-order valence-electron chi connectivity index (χ4n) is 1.82. The van der Waals surface area contributed by atoms with Crippen molar-refractivity contribution in [2.45, 2.75) is 20.8 Å². The normalized spacial score (nSPS) is 11.3. The summed E-state index contributed by atoms with van der Waals surface area (Å²) in [7, 11) is 0. The number of aromatic nitrogens is 1. The summed E-state index contributed by atoms with van der Waals surface area (Å²) >= 11 is 6.14. The first-order valence-corrected chi connectivity index (χ1v) is 6.51. The van der Waals surface area contributed by atoms with Crippen molar-refractivity contribution < 1.29 is 0 Å². The molecule has 0 amide bonds. The van der Waals surface area contributed by atoms with E-state index < -0.39 is 0 Å². The van der Waals surface area contributed by atoms with Gasteiger partial charge in [-0.3, -0.25) is 4.98 Å². The standard InChI is InChI=1S/C15H16ClN3/c1-15(2,3)9-19-13-10(7-17)8-18-14-11(13)5-4-6-12(14)16/h4-6,8H,9H2,1-3H3,(H,18,19). The van der Waals surface area contributed by atoms with Crippen LogP contribution in [-0.2, 0) is 0 Å². The number of halogens is 1. The molecule has 0 bridgehead atoms. The van der Waals surface area contributed by atoms with E-state index in [9.17, 15) is 5.26 Å². The molecule has 0 saturated heterocycles. The highest BCUT2D eigenvalue weighted by atomic mass is 35.5. The van der Waals surface area contributed by atoms with E-state index in [4.69, 9.17) is 11.6 Å². The molecule has 0 aliphatic carbocycles. The zero-order valence-electron chi connectivity index (χ0n) is 11.3. The van der Waals surface area contributed by atoms with Gasteiger partial charge in [-0.1, -0.05) is 44.5 Å². The largest absolute Gasteiger partial charge is 0.383 e. The number of rotatable bonds is 2. The number of hydrogen-bond donors (Lipinski definition) is 1. The summed E-state index contributed by atoms with van der Waals surface area (Å²) in [6, 6.07) is 7.78. The van der Waals surface area contributed by atoms with E-state index in [0.717, 1.165) is 23.1 Å². The van der Waals surface area contributed by atoms with Gasteiger partial charge in [0.2, 0.25) is 0 Å². The molecular formula is C15H16ClN3. The number of pyridine rings is 1. The summed E-state index contributed by atoms with van der Waals surface area (Å²) in [6.07, 6.45) is 1.57. The Labute approximate surface area is 118 Å². The Morgan fingerprint density at radius 1 is 1.37 bits per heavy atom. The highest BCUT2D eigenvalue weighted by Gasteiger charge is 2.14. The van der Waals surface area contributed by atoms with Crippen LogP contribution in [0.1, 0.15) is 26.3 Å². The van der Waals surface area contributed by atoms with Gasteiger partial charge in [-0.05, 0) is 11.5 Å². The second-order valence-electron chi connectivity index (χ2n) is 5.71. The van der Waals surface area contributed by atoms with Crippen LogP contribution < -0.4 is 5.32 Å². The van der Waals surface area contributed by atoms with Crippen molar-refractivity contribution in [3.8, 4) is 6.07 Å². The van der Waals surface area contributed by atoms with Crippen LogP contribution in [0.25, 0.3) is 10.9 Å². The lowest BCUT2D eigenvalue weighted by Gasteiger charge is -2.21. The molecule has 1 heterocycles. The van der Waals surface area contributed by atoms with Crippen LogP contribution >= 0.6 is 11.6 Å². The maximum Gasteiger partial charge on any atom is 0.103 e. The summed E-state index contributed by atoms with van der Waals surface area (Å²) in [5.74, 6) is 0. The number of benzene rings is 1. The fraction of sp³-hybridized carbons (Fsp3) is 0.333. The topological polar surface area (TPSA) is 48.7 Å². The molecule has 1 N–H and O–H groups in total. The van der Waals surface area contributed by atoms with Gasteiger partial charge in [-0.2, -0.15) is 5.26 Å². The molecule has 0 atom stereocenters. The first-order chi connectivity index (χ1) is 8.92. The van der Waals surface area contributed by atoms with Crippen LogP contribution in [0.5, 0.6) is 0 Å². The number of anilines is 1. The summed E-state index contributed by atoms with van der Waals surface area (Å²) in [5, 5.41) is 14.0. The number of nitriles is 1. The van der Waals surface area contributed by atoms with Crippen LogP contribution in [0, 0.1) is 16.7 Å². The zero-order valence-corrected chi connectivity index (χ0v) is 12.0. The maximum atomic E-state index is 9.21. The molecule has 4 heteroatoms. The Morgan fingerprint density at radius 2 is 2.11 bits per heavy atom. The van der Waals surface area contributed by atoms with E-state index in [1.165, 1.54) is 0 Å². The summed E-state index contributed by atoms with van der Waals surface area (Å²) in [4.78, 5) is 4.26. The number of hydrogen-bond acceptors (Lipinski definition) is 3. The van der Waals surface area contributed by atoms with E-state index in [2.05, 4.69) is 37.1 Å². The Morgan fingerprint density at radius 3 is 2.74 bits per heavy atom. The predicted octanol–water partition coefficient (Wildman–Crippen LogP) is 4.22. The molecule has 0 fully saturated rings. The van der Waals surface area contributed by atoms with Crippen LogP contribution in [0.4, 0.5) is 5.69 Å². The van der Waals surface area contributed by atoms with Crippen molar-refractivity contribution in [3.05, 3.63) is 35.0 Å². The van der Waals surface area contributed by atoms with Gasteiger partial charge >= 0.3 is 0 Å². The minimum Gasteiger partial charge on any atom is -0.383 e. The second kappa shape index (κ2) is 5.07. The molecule has 0 unspecified atom stereocenters. The number of nitrogens with one attached hydrogen (secondary N) is 1. The van der Waals surface area contributed by atoms with Gasteiger partial charge < -0.3 is 5.32 Å². The summed E-state index contributed by atoms with van der Waals surface area (Å²) in [5.41, 5.74) is 2.20. The summed E-state index contributed by atoms with van der Waals surface area (Å²) < 4.78 is 0. The second-order valence-corrected chi connectivity index (χ2v) is 6.12. The van der Waals surface area contributed by atoms with Gasteiger partial charge in [0.25, 0.3) is 0 Å². The Hall–Kier alpha value is -1.79. The van der Waals surface area contributed by atoms with E-state index in [1.54, 1.807) is 12.3 Å². The highest BCUT2D eigenvalue weighted by molar-refractivity contribution is 6.35. The van der Waals surface area contributed by atoms with Gasteiger partial charge in [0.1, 0.15) is 6.07 Å². The van der Waals surface area contributed by atoms with Gasteiger partial charge in [-0.25, -0.2) is 0 Å². The molecule has 19 heavy (non-hydrogen) atoms. The number of fused-ring (bicyclic) bond motifs is 1. The quantitative estimate of drug-likeness (QED) is 0.891. The third-order valence-electron chi connectivity index (χ3n) is 2.76. The van der Waals surface area contributed by atoms with Crippen molar-refractivity contribution in [1.82, 2.24) is 4.98 Å². The molecule has 0 aliphatic heterocycles. The van der Waals surface area contributed by atoms with Gasteiger partial charge in [0.15, 0.2) is 0 Å². The fourth-order valence-corrected chi connectivity index (χ4v) is 2.04. The van der Waals surface area contributed by atoms with E-state index in [-0.39, 0.29) is 5.41 Å². The van der Waals surface area contributed by atoms with Crippen LogP contribution in [-0.4, -0.2) is 11.5 Å². The molecule has 1 aromatic carbocycles. The Bertz CT molecular complexity index is 651. The number of para-hydroxylation sites is 1. The first kappa shape index (κ1) is 13.6. The molecule has 0 radical (unpaired) electrons.